The highest BCUT2D eigenvalue weighted by atomic mass is 16.3. The van der Waals surface area contributed by atoms with Crippen molar-refractivity contribution in [1.29, 1.82) is 0 Å². The van der Waals surface area contributed by atoms with E-state index in [2.05, 4.69) is 108 Å². The third-order valence-electron chi connectivity index (χ3n) is 9.45. The van der Waals surface area contributed by atoms with Gasteiger partial charge in [0.1, 0.15) is 11.2 Å². The van der Waals surface area contributed by atoms with Gasteiger partial charge in [0, 0.05) is 43.9 Å². The Labute approximate surface area is 287 Å². The molecule has 0 spiro atoms. The Balaban J connectivity index is 1.12. The van der Waals surface area contributed by atoms with Crippen molar-refractivity contribution in [3.05, 3.63) is 170 Å². The molecule has 234 valence electrons. The monoisotopic (exact) mass is 640 g/mol. The van der Waals surface area contributed by atoms with E-state index in [4.69, 9.17) is 19.4 Å². The number of benzene rings is 7. The van der Waals surface area contributed by atoms with E-state index in [-0.39, 0.29) is 0 Å². The van der Waals surface area contributed by atoms with Crippen LogP contribution in [0.3, 0.4) is 0 Å². The fraction of sp³-hybridized carbons (Fsp3) is 0. The van der Waals surface area contributed by atoms with Gasteiger partial charge in [0.05, 0.1) is 11.0 Å². The van der Waals surface area contributed by atoms with E-state index in [1.807, 2.05) is 66.7 Å². The maximum absolute atomic E-state index is 6.49. The zero-order chi connectivity index (χ0) is 33.0. The molecule has 0 saturated carbocycles. The summed E-state index contributed by atoms with van der Waals surface area (Å²) in [6, 6.07) is 58.7. The van der Waals surface area contributed by atoms with Crippen LogP contribution in [0.1, 0.15) is 0 Å². The Morgan fingerprint density at radius 3 is 1.60 bits per heavy atom. The highest BCUT2D eigenvalue weighted by Gasteiger charge is 2.17. The van der Waals surface area contributed by atoms with Crippen LogP contribution in [-0.4, -0.2) is 19.5 Å². The van der Waals surface area contributed by atoms with Crippen LogP contribution in [-0.2, 0) is 0 Å². The van der Waals surface area contributed by atoms with Crippen molar-refractivity contribution in [2.45, 2.75) is 0 Å². The lowest BCUT2D eigenvalue weighted by Crippen LogP contribution is -2.00. The summed E-state index contributed by atoms with van der Waals surface area (Å²) in [6.07, 6.45) is 0. The minimum atomic E-state index is 0.597. The average Bonchev–Trinajstić information content (AvgIpc) is 3.73. The van der Waals surface area contributed by atoms with Crippen LogP contribution in [0, 0.1) is 0 Å². The second kappa shape index (κ2) is 11.4. The van der Waals surface area contributed by atoms with Gasteiger partial charge in [-0.2, -0.15) is 0 Å². The number of para-hydroxylation sites is 1. The van der Waals surface area contributed by atoms with Crippen LogP contribution in [0.15, 0.2) is 174 Å². The van der Waals surface area contributed by atoms with Gasteiger partial charge in [0.15, 0.2) is 17.5 Å². The summed E-state index contributed by atoms with van der Waals surface area (Å²) < 4.78 is 8.85. The van der Waals surface area contributed by atoms with Gasteiger partial charge in [0.2, 0.25) is 0 Å². The molecule has 0 aliphatic rings. The zero-order valence-electron chi connectivity index (χ0n) is 26.9. The quantitative estimate of drug-likeness (QED) is 0.188. The molecule has 50 heavy (non-hydrogen) atoms. The number of furan rings is 1. The van der Waals surface area contributed by atoms with Gasteiger partial charge in [0.25, 0.3) is 0 Å². The molecule has 0 bridgehead atoms. The van der Waals surface area contributed by atoms with E-state index < -0.39 is 0 Å². The van der Waals surface area contributed by atoms with Crippen molar-refractivity contribution in [3.63, 3.8) is 0 Å². The summed E-state index contributed by atoms with van der Waals surface area (Å²) in [5.41, 5.74) is 10.2. The number of hydrogen-bond acceptors (Lipinski definition) is 4. The van der Waals surface area contributed by atoms with Crippen LogP contribution < -0.4 is 0 Å². The molecule has 0 radical (unpaired) electrons. The van der Waals surface area contributed by atoms with Gasteiger partial charge in [-0.1, -0.05) is 127 Å². The molecule has 0 aliphatic heterocycles. The van der Waals surface area contributed by atoms with Crippen molar-refractivity contribution in [2.24, 2.45) is 0 Å². The second-order valence-corrected chi connectivity index (χ2v) is 12.5. The van der Waals surface area contributed by atoms with Crippen molar-refractivity contribution < 1.29 is 4.42 Å². The van der Waals surface area contributed by atoms with Crippen LogP contribution in [0.5, 0.6) is 0 Å². The molecule has 0 saturated heterocycles. The second-order valence-electron chi connectivity index (χ2n) is 12.5. The van der Waals surface area contributed by atoms with Gasteiger partial charge in [-0.05, 0) is 53.6 Å². The molecule has 0 unspecified atom stereocenters. The highest BCUT2D eigenvalue weighted by molar-refractivity contribution is 6.11. The Morgan fingerprint density at radius 2 is 0.900 bits per heavy atom. The van der Waals surface area contributed by atoms with Crippen molar-refractivity contribution in [2.75, 3.05) is 0 Å². The van der Waals surface area contributed by atoms with Gasteiger partial charge < -0.3 is 8.98 Å². The molecule has 0 N–H and O–H groups in total. The van der Waals surface area contributed by atoms with Gasteiger partial charge in [-0.25, -0.2) is 15.0 Å². The molecule has 10 rings (SSSR count). The highest BCUT2D eigenvalue weighted by Crippen LogP contribution is 2.38. The fourth-order valence-corrected chi connectivity index (χ4v) is 7.04. The Hall–Kier alpha value is -6.85. The molecule has 10 aromatic rings. The molecule has 0 aliphatic carbocycles. The molecule has 5 heteroatoms. The molecule has 3 aromatic heterocycles. The SMILES string of the molecule is c1ccc(-c2ccc3c4ccccc4n(-c4ccc5oc6cc(-c7nc(-c8ccccc8)nc(-c8ccccc8)n7)ccc6c5c4)c3c2)cc1. The summed E-state index contributed by atoms with van der Waals surface area (Å²) >= 11 is 0. The lowest BCUT2D eigenvalue weighted by Gasteiger charge is -2.09. The van der Waals surface area contributed by atoms with Crippen molar-refractivity contribution >= 4 is 43.7 Å². The van der Waals surface area contributed by atoms with Gasteiger partial charge in [-0.3, -0.25) is 0 Å². The topological polar surface area (TPSA) is 56.7 Å². The van der Waals surface area contributed by atoms with E-state index >= 15 is 0 Å². The summed E-state index contributed by atoms with van der Waals surface area (Å²) in [5.74, 6) is 1.86. The zero-order valence-corrected chi connectivity index (χ0v) is 26.9. The van der Waals surface area contributed by atoms with Gasteiger partial charge in [-0.15, -0.1) is 0 Å². The van der Waals surface area contributed by atoms with Crippen molar-refractivity contribution in [1.82, 2.24) is 19.5 Å². The minimum Gasteiger partial charge on any atom is -0.456 e. The van der Waals surface area contributed by atoms with Gasteiger partial charge >= 0.3 is 0 Å². The summed E-state index contributed by atoms with van der Waals surface area (Å²) in [7, 11) is 0. The minimum absolute atomic E-state index is 0.597. The van der Waals surface area contributed by atoms with E-state index in [1.165, 1.54) is 32.9 Å². The molecule has 5 nitrogen and oxygen atoms in total. The molecule has 0 fully saturated rings. The molecule has 3 heterocycles. The first kappa shape index (κ1) is 28.2. The number of nitrogens with zero attached hydrogens (tertiary/aromatic N) is 4. The normalized spacial score (nSPS) is 11.6. The molecule has 0 amide bonds. The average molecular weight is 641 g/mol. The number of rotatable bonds is 5. The smallest absolute Gasteiger partial charge is 0.164 e. The Morgan fingerprint density at radius 1 is 0.340 bits per heavy atom. The Bertz CT molecular complexity index is 2800. The van der Waals surface area contributed by atoms with E-state index in [1.54, 1.807) is 0 Å². The third-order valence-corrected chi connectivity index (χ3v) is 9.45. The van der Waals surface area contributed by atoms with E-state index in [0.29, 0.717) is 17.5 Å². The molecular formula is C45H28N4O. The largest absolute Gasteiger partial charge is 0.456 e. The van der Waals surface area contributed by atoms with E-state index in [9.17, 15) is 0 Å². The summed E-state index contributed by atoms with van der Waals surface area (Å²) in [5, 5.41) is 4.55. The standard InChI is InChI=1S/C45H28N4O/c1-4-12-29(13-5-1)32-20-23-36-35-18-10-11-19-39(35)49(40(36)26-32)34-22-25-41-38(28-34)37-24-21-33(27-42(37)50-41)45-47-43(30-14-6-2-7-15-30)46-44(48-45)31-16-8-3-9-17-31/h1-28H. The fourth-order valence-electron chi connectivity index (χ4n) is 7.04. The Kier molecular flexibility index (Phi) is 6.42. The van der Waals surface area contributed by atoms with Crippen molar-refractivity contribution in [3.8, 4) is 51.0 Å². The maximum atomic E-state index is 6.49. The predicted molar refractivity (Wildman–Crippen MR) is 203 cm³/mol. The van der Waals surface area contributed by atoms with Crippen LogP contribution in [0.25, 0.3) is 94.7 Å². The summed E-state index contributed by atoms with van der Waals surface area (Å²) in [4.78, 5) is 14.7. The first-order valence-electron chi connectivity index (χ1n) is 16.7. The van der Waals surface area contributed by atoms with Crippen LogP contribution >= 0.6 is 0 Å². The maximum Gasteiger partial charge on any atom is 0.164 e. The predicted octanol–water partition coefficient (Wildman–Crippen LogP) is 11.5. The molecule has 7 aromatic carbocycles. The lowest BCUT2D eigenvalue weighted by molar-refractivity contribution is 0.669. The first-order chi connectivity index (χ1) is 24.8. The van der Waals surface area contributed by atoms with Crippen LogP contribution in [0.4, 0.5) is 0 Å². The lowest BCUT2D eigenvalue weighted by atomic mass is 10.0. The third kappa shape index (κ3) is 4.67. The molecular weight excluding hydrogens is 613 g/mol. The molecule has 0 atom stereocenters. The van der Waals surface area contributed by atoms with E-state index in [0.717, 1.165) is 44.3 Å². The summed E-state index contributed by atoms with van der Waals surface area (Å²) in [6.45, 7) is 0. The number of aromatic nitrogens is 4. The number of fused-ring (bicyclic) bond motifs is 6. The van der Waals surface area contributed by atoms with Crippen LogP contribution in [0.2, 0.25) is 0 Å². The number of hydrogen-bond donors (Lipinski definition) is 0. The first-order valence-corrected chi connectivity index (χ1v) is 16.7.